The molecule has 0 N–H and O–H groups in total. The summed E-state index contributed by atoms with van der Waals surface area (Å²) in [6.45, 7) is 4.61. The van der Waals surface area contributed by atoms with Gasteiger partial charge in [-0.3, -0.25) is 9.48 Å². The van der Waals surface area contributed by atoms with Gasteiger partial charge in [-0.05, 0) is 37.6 Å². The molecule has 1 heterocycles. The fourth-order valence-corrected chi connectivity index (χ4v) is 2.13. The summed E-state index contributed by atoms with van der Waals surface area (Å²) in [7, 11) is 1.71. The summed E-state index contributed by atoms with van der Waals surface area (Å²) in [5.41, 5.74) is 2.70. The average molecular weight is 282 g/mol. The van der Waals surface area contributed by atoms with Crippen LogP contribution in [0.25, 0.3) is 0 Å². The maximum atomic E-state index is 12.6. The lowest BCUT2D eigenvalue weighted by Gasteiger charge is -2.17. The Balaban J connectivity index is 2.34. The molecule has 0 aliphatic heterocycles. The van der Waals surface area contributed by atoms with Gasteiger partial charge in [0.2, 0.25) is 0 Å². The van der Waals surface area contributed by atoms with E-state index in [1.165, 1.54) is 0 Å². The first-order valence-corrected chi connectivity index (χ1v) is 6.95. The molecule has 0 unspecified atom stereocenters. The van der Waals surface area contributed by atoms with Gasteiger partial charge >= 0.3 is 0 Å². The molecular formula is C16H18N4O. The Morgan fingerprint density at radius 3 is 2.76 bits per heavy atom. The van der Waals surface area contributed by atoms with Gasteiger partial charge in [0.15, 0.2) is 0 Å². The van der Waals surface area contributed by atoms with Crippen molar-refractivity contribution < 1.29 is 4.79 Å². The van der Waals surface area contributed by atoms with Crippen molar-refractivity contribution in [1.29, 1.82) is 5.26 Å². The van der Waals surface area contributed by atoms with Crippen molar-refractivity contribution in [2.45, 2.75) is 26.8 Å². The van der Waals surface area contributed by atoms with E-state index < -0.39 is 0 Å². The van der Waals surface area contributed by atoms with Crippen LogP contribution < -0.4 is 4.90 Å². The Bertz CT molecular complexity index is 697. The molecule has 0 atom stereocenters. The first-order chi connectivity index (χ1) is 10.1. The van der Waals surface area contributed by atoms with E-state index in [2.05, 4.69) is 11.2 Å². The molecule has 0 fully saturated rings. The molecule has 1 amide bonds. The molecule has 0 aliphatic rings. The number of nitrogens with zero attached hydrogens (tertiary/aromatic N) is 4. The molecule has 1 aromatic heterocycles. The van der Waals surface area contributed by atoms with Gasteiger partial charge in [-0.25, -0.2) is 0 Å². The van der Waals surface area contributed by atoms with E-state index in [4.69, 9.17) is 5.26 Å². The maximum Gasteiger partial charge on any atom is 0.276 e. The molecule has 21 heavy (non-hydrogen) atoms. The summed E-state index contributed by atoms with van der Waals surface area (Å²) in [5, 5.41) is 13.3. The zero-order chi connectivity index (χ0) is 15.4. The lowest BCUT2D eigenvalue weighted by Crippen LogP contribution is -2.28. The van der Waals surface area contributed by atoms with Gasteiger partial charge < -0.3 is 4.90 Å². The van der Waals surface area contributed by atoms with Gasteiger partial charge in [0.25, 0.3) is 5.91 Å². The van der Waals surface area contributed by atoms with Crippen molar-refractivity contribution in [1.82, 2.24) is 9.78 Å². The highest BCUT2D eigenvalue weighted by atomic mass is 16.2. The number of carbonyl (C=O) groups is 1. The standard InChI is InChI=1S/C16H18N4O/c1-4-13-10-15(20(5-2)18-13)16(21)19(3)14-8-6-7-12(9-14)11-17/h6-10H,4-5H2,1-3H3. The molecule has 0 spiro atoms. The minimum absolute atomic E-state index is 0.126. The molecule has 5 nitrogen and oxygen atoms in total. The predicted molar refractivity (Wildman–Crippen MR) is 81.2 cm³/mol. The summed E-state index contributed by atoms with van der Waals surface area (Å²) in [5.74, 6) is -0.126. The number of carbonyl (C=O) groups excluding carboxylic acids is 1. The fraction of sp³-hybridized carbons (Fsp3) is 0.312. The van der Waals surface area contributed by atoms with Crippen molar-refractivity contribution in [2.24, 2.45) is 0 Å². The lowest BCUT2D eigenvalue weighted by atomic mass is 10.2. The van der Waals surface area contributed by atoms with Crippen molar-refractivity contribution in [2.75, 3.05) is 11.9 Å². The van der Waals surface area contributed by atoms with E-state index in [1.54, 1.807) is 34.8 Å². The van der Waals surface area contributed by atoms with Gasteiger partial charge in [0.1, 0.15) is 5.69 Å². The summed E-state index contributed by atoms with van der Waals surface area (Å²) in [6.07, 6.45) is 0.793. The van der Waals surface area contributed by atoms with Crippen LogP contribution in [0, 0.1) is 11.3 Å². The molecule has 0 saturated heterocycles. The number of aryl methyl sites for hydroxylation is 2. The maximum absolute atomic E-state index is 12.6. The normalized spacial score (nSPS) is 10.2. The number of aromatic nitrogens is 2. The zero-order valence-electron chi connectivity index (χ0n) is 12.5. The minimum Gasteiger partial charge on any atom is -0.310 e. The molecule has 1 aromatic carbocycles. The Morgan fingerprint density at radius 2 is 2.14 bits per heavy atom. The number of anilines is 1. The number of benzene rings is 1. The Labute approximate surface area is 124 Å². The van der Waals surface area contributed by atoms with Gasteiger partial charge in [-0.1, -0.05) is 13.0 Å². The monoisotopic (exact) mass is 282 g/mol. The van der Waals surface area contributed by atoms with E-state index in [9.17, 15) is 4.79 Å². The summed E-state index contributed by atoms with van der Waals surface area (Å²) in [6, 6.07) is 10.9. The van der Waals surface area contributed by atoms with E-state index >= 15 is 0 Å². The molecular weight excluding hydrogens is 264 g/mol. The van der Waals surface area contributed by atoms with Crippen molar-refractivity contribution in [3.8, 4) is 6.07 Å². The third-order valence-electron chi connectivity index (χ3n) is 3.38. The smallest absolute Gasteiger partial charge is 0.276 e. The second-order valence-corrected chi connectivity index (χ2v) is 4.72. The Hall–Kier alpha value is -2.61. The SMILES string of the molecule is CCc1cc(C(=O)N(C)c2cccc(C#N)c2)n(CC)n1. The number of hydrogen-bond acceptors (Lipinski definition) is 3. The summed E-state index contributed by atoms with van der Waals surface area (Å²) in [4.78, 5) is 14.2. The molecule has 0 aliphatic carbocycles. The van der Waals surface area contributed by atoms with Crippen molar-refractivity contribution >= 4 is 11.6 Å². The highest BCUT2D eigenvalue weighted by Crippen LogP contribution is 2.18. The molecule has 0 saturated carbocycles. The molecule has 0 bridgehead atoms. The molecule has 5 heteroatoms. The van der Waals surface area contributed by atoms with Crippen LogP contribution in [0.3, 0.4) is 0 Å². The van der Waals surface area contributed by atoms with Crippen LogP contribution in [0.5, 0.6) is 0 Å². The highest BCUT2D eigenvalue weighted by Gasteiger charge is 2.19. The minimum atomic E-state index is -0.126. The first kappa shape index (κ1) is 14.8. The van der Waals surface area contributed by atoms with Gasteiger partial charge in [0, 0.05) is 19.3 Å². The van der Waals surface area contributed by atoms with Crippen LogP contribution in [-0.4, -0.2) is 22.7 Å². The Morgan fingerprint density at radius 1 is 1.38 bits per heavy atom. The summed E-state index contributed by atoms with van der Waals surface area (Å²) < 4.78 is 1.71. The second-order valence-electron chi connectivity index (χ2n) is 4.72. The Kier molecular flexibility index (Phi) is 4.39. The molecule has 108 valence electrons. The van der Waals surface area contributed by atoms with Crippen molar-refractivity contribution in [3.05, 3.63) is 47.3 Å². The van der Waals surface area contributed by atoms with Crippen LogP contribution in [0.1, 0.15) is 35.6 Å². The molecule has 0 radical (unpaired) electrons. The molecule has 2 rings (SSSR count). The third-order valence-corrected chi connectivity index (χ3v) is 3.38. The van der Waals surface area contributed by atoms with E-state index in [1.807, 2.05) is 26.0 Å². The largest absolute Gasteiger partial charge is 0.310 e. The number of nitriles is 1. The highest BCUT2D eigenvalue weighted by molar-refractivity contribution is 6.04. The number of amides is 1. The fourth-order valence-electron chi connectivity index (χ4n) is 2.13. The quantitative estimate of drug-likeness (QED) is 0.866. The van der Waals surface area contributed by atoms with E-state index in [0.717, 1.165) is 12.1 Å². The summed E-state index contributed by atoms with van der Waals surface area (Å²) >= 11 is 0. The van der Waals surface area contributed by atoms with Gasteiger partial charge in [-0.15, -0.1) is 0 Å². The van der Waals surface area contributed by atoms with Crippen molar-refractivity contribution in [3.63, 3.8) is 0 Å². The lowest BCUT2D eigenvalue weighted by molar-refractivity contribution is 0.0983. The van der Waals surface area contributed by atoms with Crippen LogP contribution in [0.15, 0.2) is 30.3 Å². The third kappa shape index (κ3) is 2.95. The van der Waals surface area contributed by atoms with E-state index in [-0.39, 0.29) is 5.91 Å². The van der Waals surface area contributed by atoms with Crippen LogP contribution in [0.4, 0.5) is 5.69 Å². The average Bonchev–Trinajstić information content (AvgIpc) is 2.96. The zero-order valence-corrected chi connectivity index (χ0v) is 12.5. The van der Waals surface area contributed by atoms with Gasteiger partial charge in [-0.2, -0.15) is 10.4 Å². The van der Waals surface area contributed by atoms with Crippen LogP contribution >= 0.6 is 0 Å². The number of rotatable bonds is 4. The number of hydrogen-bond donors (Lipinski definition) is 0. The first-order valence-electron chi connectivity index (χ1n) is 6.95. The van der Waals surface area contributed by atoms with Crippen LogP contribution in [-0.2, 0) is 13.0 Å². The predicted octanol–water partition coefficient (Wildman–Crippen LogP) is 2.61. The van der Waals surface area contributed by atoms with Gasteiger partial charge in [0.05, 0.1) is 17.3 Å². The van der Waals surface area contributed by atoms with E-state index in [0.29, 0.717) is 23.5 Å². The second kappa shape index (κ2) is 6.23. The topological polar surface area (TPSA) is 61.9 Å². The van der Waals surface area contributed by atoms with Crippen LogP contribution in [0.2, 0.25) is 0 Å². The molecule has 2 aromatic rings.